The highest BCUT2D eigenvalue weighted by atomic mass is 32.2. The van der Waals surface area contributed by atoms with Crippen molar-refractivity contribution in [3.8, 4) is 5.75 Å². The van der Waals surface area contributed by atoms with E-state index in [4.69, 9.17) is 9.15 Å². The van der Waals surface area contributed by atoms with Crippen LogP contribution in [0.25, 0.3) is 0 Å². The van der Waals surface area contributed by atoms with Crippen molar-refractivity contribution < 1.29 is 22.4 Å². The number of furan rings is 1. The maximum absolute atomic E-state index is 13.2. The summed E-state index contributed by atoms with van der Waals surface area (Å²) in [6.45, 7) is 0.232. The normalized spacial score (nSPS) is 12.5. The molecule has 0 aliphatic carbocycles. The number of hydrogen-bond donors (Lipinski definition) is 1. The van der Waals surface area contributed by atoms with Crippen LogP contribution in [-0.4, -0.2) is 32.8 Å². The topological polar surface area (TPSA) is 88.8 Å². The van der Waals surface area contributed by atoms with Gasteiger partial charge >= 0.3 is 0 Å². The molecule has 0 saturated carbocycles. The van der Waals surface area contributed by atoms with Gasteiger partial charge in [-0.15, -0.1) is 0 Å². The maximum atomic E-state index is 13.2. The number of nitrogens with one attached hydrogen (secondary N) is 1. The van der Waals surface area contributed by atoms with Crippen LogP contribution in [0.15, 0.2) is 82.3 Å². The molecule has 0 spiro atoms. The van der Waals surface area contributed by atoms with Crippen LogP contribution in [0.2, 0.25) is 0 Å². The summed E-state index contributed by atoms with van der Waals surface area (Å²) in [5.41, 5.74) is 0.686. The van der Waals surface area contributed by atoms with E-state index in [1.165, 1.54) is 29.7 Å². The van der Waals surface area contributed by atoms with Crippen molar-refractivity contribution in [3.63, 3.8) is 0 Å². The predicted octanol–water partition coefficient (Wildman–Crippen LogP) is 3.36. The van der Waals surface area contributed by atoms with Crippen LogP contribution in [0.4, 0.5) is 0 Å². The number of sulfonamides is 1. The van der Waals surface area contributed by atoms with Crippen LogP contribution >= 0.6 is 0 Å². The van der Waals surface area contributed by atoms with E-state index >= 15 is 0 Å². The molecule has 1 heterocycles. The summed E-state index contributed by atoms with van der Waals surface area (Å²) >= 11 is 0. The Labute approximate surface area is 176 Å². The first-order chi connectivity index (χ1) is 14.4. The van der Waals surface area contributed by atoms with Gasteiger partial charge in [-0.1, -0.05) is 30.3 Å². The number of carbonyl (C=O) groups is 1. The summed E-state index contributed by atoms with van der Waals surface area (Å²) in [4.78, 5) is 12.8. The van der Waals surface area contributed by atoms with Crippen molar-refractivity contribution in [1.82, 2.24) is 9.62 Å². The Balaban J connectivity index is 1.85. The van der Waals surface area contributed by atoms with Gasteiger partial charge in [-0.2, -0.15) is 4.31 Å². The SMILES string of the molecule is COc1ccc([C@H](CC(=O)NCc2ccco2)N(C)S(=O)(=O)c2ccccc2)cc1. The Hall–Kier alpha value is -3.10. The molecule has 1 N–H and O–H groups in total. The minimum absolute atomic E-state index is 0.0460. The summed E-state index contributed by atoms with van der Waals surface area (Å²) < 4.78 is 37.9. The van der Waals surface area contributed by atoms with E-state index in [1.807, 2.05) is 0 Å². The summed E-state index contributed by atoms with van der Waals surface area (Å²) in [5.74, 6) is 0.977. The van der Waals surface area contributed by atoms with Crippen LogP contribution in [0.5, 0.6) is 5.75 Å². The quantitative estimate of drug-likeness (QED) is 0.565. The Kier molecular flexibility index (Phi) is 6.91. The number of amides is 1. The monoisotopic (exact) mass is 428 g/mol. The second-order valence-electron chi connectivity index (χ2n) is 6.68. The van der Waals surface area contributed by atoms with Gasteiger partial charge in [0.05, 0.1) is 30.9 Å². The number of nitrogens with zero attached hydrogens (tertiary/aromatic N) is 1. The second kappa shape index (κ2) is 9.60. The molecule has 1 aromatic heterocycles. The average molecular weight is 429 g/mol. The van der Waals surface area contributed by atoms with E-state index < -0.39 is 16.1 Å². The largest absolute Gasteiger partial charge is 0.497 e. The van der Waals surface area contributed by atoms with E-state index in [9.17, 15) is 13.2 Å². The molecule has 1 atom stereocenters. The lowest BCUT2D eigenvalue weighted by atomic mass is 10.0. The van der Waals surface area contributed by atoms with E-state index in [1.54, 1.807) is 61.7 Å². The standard InChI is InChI=1S/C22H24N2O5S/c1-24(30(26,27)20-8-4-3-5-9-20)21(17-10-12-18(28-2)13-11-17)15-22(25)23-16-19-7-6-14-29-19/h3-14,21H,15-16H2,1-2H3,(H,23,25)/t21-/m0/s1. The van der Waals surface area contributed by atoms with Crippen LogP contribution in [0, 0.1) is 0 Å². The molecule has 0 unspecified atom stereocenters. The first-order valence-corrected chi connectivity index (χ1v) is 10.8. The highest BCUT2D eigenvalue weighted by molar-refractivity contribution is 7.89. The fourth-order valence-corrected chi connectivity index (χ4v) is 4.42. The molecule has 1 amide bonds. The Bertz CT molecular complexity index is 1050. The minimum Gasteiger partial charge on any atom is -0.497 e. The minimum atomic E-state index is -3.80. The fraction of sp³-hybridized carbons (Fsp3) is 0.227. The zero-order chi connectivity index (χ0) is 21.6. The fourth-order valence-electron chi connectivity index (χ4n) is 3.06. The molecule has 2 aromatic carbocycles. The van der Waals surface area contributed by atoms with Gasteiger partial charge in [-0.05, 0) is 42.0 Å². The first kappa shape index (κ1) is 21.6. The maximum Gasteiger partial charge on any atom is 0.243 e. The number of benzene rings is 2. The summed E-state index contributed by atoms with van der Waals surface area (Å²) in [7, 11) is -0.763. The smallest absolute Gasteiger partial charge is 0.243 e. The lowest BCUT2D eigenvalue weighted by Crippen LogP contribution is -2.35. The van der Waals surface area contributed by atoms with E-state index in [2.05, 4.69) is 5.32 Å². The Morgan fingerprint density at radius 3 is 2.37 bits per heavy atom. The van der Waals surface area contributed by atoms with E-state index in [0.29, 0.717) is 17.1 Å². The van der Waals surface area contributed by atoms with Gasteiger partial charge in [0.25, 0.3) is 0 Å². The number of hydrogen-bond acceptors (Lipinski definition) is 5. The molecule has 30 heavy (non-hydrogen) atoms. The Morgan fingerprint density at radius 1 is 1.07 bits per heavy atom. The molecule has 158 valence electrons. The molecule has 0 aliphatic rings. The molecule has 0 fully saturated rings. The van der Waals surface area contributed by atoms with Gasteiger partial charge in [0.15, 0.2) is 0 Å². The van der Waals surface area contributed by atoms with Crippen molar-refractivity contribution in [2.24, 2.45) is 0 Å². The lowest BCUT2D eigenvalue weighted by molar-refractivity contribution is -0.122. The zero-order valence-corrected chi connectivity index (χ0v) is 17.6. The second-order valence-corrected chi connectivity index (χ2v) is 8.68. The highest BCUT2D eigenvalue weighted by Crippen LogP contribution is 2.30. The molecular weight excluding hydrogens is 404 g/mol. The van der Waals surface area contributed by atoms with Crippen molar-refractivity contribution >= 4 is 15.9 Å². The summed E-state index contributed by atoms with van der Waals surface area (Å²) in [6.07, 6.45) is 1.48. The van der Waals surface area contributed by atoms with Crippen molar-refractivity contribution in [2.45, 2.75) is 23.9 Å². The van der Waals surface area contributed by atoms with Crippen molar-refractivity contribution in [3.05, 3.63) is 84.3 Å². The van der Waals surface area contributed by atoms with Crippen LogP contribution < -0.4 is 10.1 Å². The summed E-state index contributed by atoms with van der Waals surface area (Å²) in [6, 6.07) is 18.0. The van der Waals surface area contributed by atoms with Crippen LogP contribution in [0.1, 0.15) is 23.8 Å². The third-order valence-corrected chi connectivity index (χ3v) is 6.66. The molecule has 0 radical (unpaired) electrons. The number of carbonyl (C=O) groups excluding carboxylic acids is 1. The van der Waals surface area contributed by atoms with Gasteiger partial charge in [0.2, 0.25) is 15.9 Å². The first-order valence-electron chi connectivity index (χ1n) is 9.38. The van der Waals surface area contributed by atoms with E-state index in [0.717, 1.165) is 0 Å². The molecule has 8 heteroatoms. The van der Waals surface area contributed by atoms with Crippen molar-refractivity contribution in [1.29, 1.82) is 0 Å². The van der Waals surface area contributed by atoms with Gasteiger partial charge < -0.3 is 14.5 Å². The molecule has 0 bridgehead atoms. The number of methoxy groups -OCH3 is 1. The third kappa shape index (κ3) is 5.08. The average Bonchev–Trinajstić information content (AvgIpc) is 3.30. The third-order valence-electron chi connectivity index (χ3n) is 4.78. The van der Waals surface area contributed by atoms with Crippen LogP contribution in [-0.2, 0) is 21.4 Å². The molecule has 0 saturated heterocycles. The molecular formula is C22H24N2O5S. The number of rotatable bonds is 9. The van der Waals surface area contributed by atoms with Crippen molar-refractivity contribution in [2.75, 3.05) is 14.2 Å². The van der Waals surface area contributed by atoms with Gasteiger partial charge in [0, 0.05) is 13.5 Å². The van der Waals surface area contributed by atoms with Gasteiger partial charge in [0.1, 0.15) is 11.5 Å². The van der Waals surface area contributed by atoms with Gasteiger partial charge in [-0.25, -0.2) is 8.42 Å². The highest BCUT2D eigenvalue weighted by Gasteiger charge is 2.30. The zero-order valence-electron chi connectivity index (χ0n) is 16.8. The molecule has 3 rings (SSSR count). The molecule has 7 nitrogen and oxygen atoms in total. The lowest BCUT2D eigenvalue weighted by Gasteiger charge is -2.27. The van der Waals surface area contributed by atoms with Gasteiger partial charge in [-0.3, -0.25) is 4.79 Å². The van der Waals surface area contributed by atoms with E-state index in [-0.39, 0.29) is 23.8 Å². The molecule has 3 aromatic rings. The summed E-state index contributed by atoms with van der Waals surface area (Å²) in [5, 5.41) is 2.78. The Morgan fingerprint density at radius 2 is 1.77 bits per heavy atom. The van der Waals surface area contributed by atoms with Crippen LogP contribution in [0.3, 0.4) is 0 Å². The molecule has 0 aliphatic heterocycles. The predicted molar refractivity (Wildman–Crippen MR) is 112 cm³/mol. The number of ether oxygens (including phenoxy) is 1.